The molecule has 0 aliphatic heterocycles. The van der Waals surface area contributed by atoms with E-state index in [9.17, 15) is 9.59 Å². The first-order valence-corrected chi connectivity index (χ1v) is 9.29. The smallest absolute Gasteiger partial charge is 0.255 e. The number of para-hydroxylation sites is 1. The van der Waals surface area contributed by atoms with E-state index >= 15 is 0 Å². The average molecular weight is 372 g/mol. The van der Waals surface area contributed by atoms with Crippen LogP contribution < -0.4 is 10.6 Å². The predicted molar refractivity (Wildman–Crippen MR) is 113 cm³/mol. The number of benzene rings is 3. The second-order valence-corrected chi connectivity index (χ2v) is 6.90. The molecule has 0 bridgehead atoms. The molecule has 0 saturated heterocycles. The van der Waals surface area contributed by atoms with Crippen LogP contribution in [0, 0.1) is 13.8 Å². The van der Waals surface area contributed by atoms with Crippen molar-refractivity contribution in [2.75, 3.05) is 5.32 Å². The van der Waals surface area contributed by atoms with Crippen LogP contribution in [-0.2, 0) is 0 Å². The summed E-state index contributed by atoms with van der Waals surface area (Å²) in [6, 6.07) is 22.2. The first-order valence-electron chi connectivity index (χ1n) is 9.29. The number of nitrogens with one attached hydrogen (secondary N) is 2. The lowest BCUT2D eigenvalue weighted by molar-refractivity contribution is 0.0941. The van der Waals surface area contributed by atoms with Gasteiger partial charge >= 0.3 is 0 Å². The Bertz CT molecular complexity index is 996. The molecule has 0 aliphatic carbocycles. The van der Waals surface area contributed by atoms with Crippen molar-refractivity contribution in [1.29, 1.82) is 0 Å². The Morgan fingerprint density at radius 1 is 0.786 bits per heavy atom. The summed E-state index contributed by atoms with van der Waals surface area (Å²) >= 11 is 0. The molecule has 1 atom stereocenters. The molecule has 0 heterocycles. The Morgan fingerprint density at radius 2 is 1.46 bits per heavy atom. The zero-order chi connectivity index (χ0) is 20.1. The molecule has 28 heavy (non-hydrogen) atoms. The van der Waals surface area contributed by atoms with Crippen LogP contribution in [0.15, 0.2) is 72.8 Å². The number of carbonyl (C=O) groups is 2. The summed E-state index contributed by atoms with van der Waals surface area (Å²) in [6.07, 6.45) is 0. The monoisotopic (exact) mass is 372 g/mol. The highest BCUT2D eigenvalue weighted by Gasteiger charge is 2.16. The minimum atomic E-state index is -0.237. The second-order valence-electron chi connectivity index (χ2n) is 6.90. The lowest BCUT2D eigenvalue weighted by atomic mass is 10.1. The van der Waals surface area contributed by atoms with Crippen molar-refractivity contribution >= 4 is 17.5 Å². The molecule has 4 nitrogen and oxygen atoms in total. The number of aryl methyl sites for hydroxylation is 2. The van der Waals surface area contributed by atoms with Crippen LogP contribution in [0.5, 0.6) is 0 Å². The average Bonchev–Trinajstić information content (AvgIpc) is 2.71. The molecule has 0 saturated carbocycles. The molecule has 0 radical (unpaired) electrons. The van der Waals surface area contributed by atoms with Crippen molar-refractivity contribution in [3.8, 4) is 0 Å². The predicted octanol–water partition coefficient (Wildman–Crippen LogP) is 5.05. The number of hydrogen-bond donors (Lipinski definition) is 2. The molecule has 0 aromatic heterocycles. The van der Waals surface area contributed by atoms with Crippen molar-refractivity contribution in [3.05, 3.63) is 101 Å². The van der Waals surface area contributed by atoms with E-state index in [0.29, 0.717) is 16.8 Å². The normalized spacial score (nSPS) is 11.5. The lowest BCUT2D eigenvalue weighted by Gasteiger charge is -2.16. The summed E-state index contributed by atoms with van der Waals surface area (Å²) < 4.78 is 0. The molecule has 3 aromatic rings. The van der Waals surface area contributed by atoms with Gasteiger partial charge in [0.1, 0.15) is 0 Å². The van der Waals surface area contributed by atoms with E-state index in [1.165, 1.54) is 0 Å². The molecular weight excluding hydrogens is 348 g/mol. The van der Waals surface area contributed by atoms with Gasteiger partial charge in [0.15, 0.2) is 0 Å². The quantitative estimate of drug-likeness (QED) is 0.659. The van der Waals surface area contributed by atoms with Gasteiger partial charge in [-0.3, -0.25) is 9.59 Å². The minimum absolute atomic E-state index is 0.141. The molecule has 4 heteroatoms. The van der Waals surface area contributed by atoms with Crippen LogP contribution in [0.25, 0.3) is 0 Å². The lowest BCUT2D eigenvalue weighted by Crippen LogP contribution is -2.28. The number of hydrogen-bond acceptors (Lipinski definition) is 2. The summed E-state index contributed by atoms with van der Waals surface area (Å²) in [5.74, 6) is -0.466. The van der Waals surface area contributed by atoms with Gasteiger partial charge < -0.3 is 10.6 Å². The van der Waals surface area contributed by atoms with Gasteiger partial charge in [0.05, 0.1) is 17.3 Å². The van der Waals surface area contributed by atoms with E-state index in [4.69, 9.17) is 0 Å². The molecule has 2 amide bonds. The molecule has 142 valence electrons. The fraction of sp³-hybridized carbons (Fsp3) is 0.167. The standard InChI is InChI=1S/C24H24N2O2/c1-16-13-14-20(15-17(16)2)23(27)26-22-12-8-7-11-21(22)24(28)25-18(3)19-9-5-4-6-10-19/h4-15,18H,1-3H3,(H,25,28)(H,26,27)/t18-/m1/s1. The van der Waals surface area contributed by atoms with Gasteiger partial charge in [0.2, 0.25) is 0 Å². The van der Waals surface area contributed by atoms with E-state index in [2.05, 4.69) is 10.6 Å². The van der Waals surface area contributed by atoms with E-state index < -0.39 is 0 Å². The highest BCUT2D eigenvalue weighted by atomic mass is 16.2. The van der Waals surface area contributed by atoms with E-state index in [1.54, 1.807) is 30.3 Å². The maximum absolute atomic E-state index is 12.8. The highest BCUT2D eigenvalue weighted by Crippen LogP contribution is 2.19. The van der Waals surface area contributed by atoms with Crippen molar-refractivity contribution < 1.29 is 9.59 Å². The summed E-state index contributed by atoms with van der Waals surface area (Å²) in [4.78, 5) is 25.5. The van der Waals surface area contributed by atoms with Gasteiger partial charge in [0.25, 0.3) is 11.8 Å². The molecular formula is C24H24N2O2. The molecule has 2 N–H and O–H groups in total. The Labute approximate surface area is 165 Å². The molecule has 0 spiro atoms. The fourth-order valence-electron chi connectivity index (χ4n) is 2.97. The Morgan fingerprint density at radius 3 is 2.18 bits per heavy atom. The first-order chi connectivity index (χ1) is 13.5. The third kappa shape index (κ3) is 4.46. The highest BCUT2D eigenvalue weighted by molar-refractivity contribution is 6.09. The fourth-order valence-corrected chi connectivity index (χ4v) is 2.97. The summed E-state index contributed by atoms with van der Waals surface area (Å²) in [7, 11) is 0. The van der Waals surface area contributed by atoms with Crippen LogP contribution in [-0.4, -0.2) is 11.8 Å². The van der Waals surface area contributed by atoms with Crippen LogP contribution in [0.3, 0.4) is 0 Å². The van der Waals surface area contributed by atoms with Crippen molar-refractivity contribution in [2.45, 2.75) is 26.8 Å². The van der Waals surface area contributed by atoms with E-state index in [1.807, 2.05) is 63.2 Å². The number of anilines is 1. The molecule has 3 rings (SSSR count). The van der Waals surface area contributed by atoms with E-state index in [0.717, 1.165) is 16.7 Å². The van der Waals surface area contributed by atoms with Gasteiger partial charge in [-0.25, -0.2) is 0 Å². The van der Waals surface area contributed by atoms with Gasteiger partial charge in [-0.2, -0.15) is 0 Å². The van der Waals surface area contributed by atoms with Crippen LogP contribution >= 0.6 is 0 Å². The summed E-state index contributed by atoms with van der Waals surface area (Å²) in [5, 5.41) is 5.86. The Hall–Kier alpha value is -3.40. The van der Waals surface area contributed by atoms with Gasteiger partial charge in [-0.15, -0.1) is 0 Å². The Balaban J connectivity index is 1.77. The zero-order valence-electron chi connectivity index (χ0n) is 16.3. The molecule has 0 aliphatic rings. The summed E-state index contributed by atoms with van der Waals surface area (Å²) in [5.41, 5.74) is 4.69. The number of rotatable bonds is 5. The van der Waals surface area contributed by atoms with Gasteiger partial charge in [-0.1, -0.05) is 48.5 Å². The van der Waals surface area contributed by atoms with Gasteiger partial charge in [0, 0.05) is 5.56 Å². The van der Waals surface area contributed by atoms with Crippen molar-refractivity contribution in [2.24, 2.45) is 0 Å². The molecule has 3 aromatic carbocycles. The van der Waals surface area contributed by atoms with E-state index in [-0.39, 0.29) is 17.9 Å². The van der Waals surface area contributed by atoms with Crippen molar-refractivity contribution in [1.82, 2.24) is 5.32 Å². The number of amides is 2. The minimum Gasteiger partial charge on any atom is -0.345 e. The Kier molecular flexibility index (Phi) is 5.90. The maximum atomic E-state index is 12.8. The largest absolute Gasteiger partial charge is 0.345 e. The van der Waals surface area contributed by atoms with Crippen molar-refractivity contribution in [3.63, 3.8) is 0 Å². The summed E-state index contributed by atoms with van der Waals surface area (Å²) in [6.45, 7) is 5.91. The third-order valence-corrected chi connectivity index (χ3v) is 4.84. The molecule has 0 unspecified atom stereocenters. The SMILES string of the molecule is Cc1ccc(C(=O)Nc2ccccc2C(=O)N[C@H](C)c2ccccc2)cc1C. The maximum Gasteiger partial charge on any atom is 0.255 e. The number of carbonyl (C=O) groups excluding carboxylic acids is 2. The first kappa shape index (κ1) is 19.4. The third-order valence-electron chi connectivity index (χ3n) is 4.84. The van der Waals surface area contributed by atoms with Crippen LogP contribution in [0.1, 0.15) is 50.4 Å². The topological polar surface area (TPSA) is 58.2 Å². The van der Waals surface area contributed by atoms with Gasteiger partial charge in [-0.05, 0) is 61.7 Å². The molecule has 0 fully saturated rings. The van der Waals surface area contributed by atoms with Crippen LogP contribution in [0.2, 0.25) is 0 Å². The van der Waals surface area contributed by atoms with Crippen LogP contribution in [0.4, 0.5) is 5.69 Å². The zero-order valence-corrected chi connectivity index (χ0v) is 16.3. The second kappa shape index (κ2) is 8.53.